The van der Waals surface area contributed by atoms with Crippen LogP contribution in [0.3, 0.4) is 0 Å². The van der Waals surface area contributed by atoms with Crippen molar-refractivity contribution in [1.82, 2.24) is 10.9 Å². The summed E-state index contributed by atoms with van der Waals surface area (Å²) in [5.74, 6) is 0.699. The minimum absolute atomic E-state index is 0.130. The highest BCUT2D eigenvalue weighted by molar-refractivity contribution is 5.94. The van der Waals surface area contributed by atoms with Crippen molar-refractivity contribution in [3.8, 4) is 57.5 Å². The Morgan fingerprint density at radius 1 is 0.484 bits per heavy atom. The first-order chi connectivity index (χ1) is 30.0. The molecule has 2 N–H and O–H groups in total. The first-order valence-electron chi connectivity index (χ1n) is 19.2. The van der Waals surface area contributed by atoms with E-state index in [1.165, 1.54) is 79.4 Å². The molecule has 0 aliphatic rings. The average molecular weight is 859 g/mol. The zero-order chi connectivity index (χ0) is 45.0. The van der Waals surface area contributed by atoms with Gasteiger partial charge in [0.05, 0.1) is 79.4 Å². The van der Waals surface area contributed by atoms with E-state index >= 15 is 0 Å². The standard InChI is InChI=1S/C44H50N4O14/c1-9-59-33-19-27(15-17-31(33)61-43(51)29-21-35(53-3)41(57-7)36(22-29)54-4)25-45-47-39(49)13-11-12-14-40(50)48-46-26-28-16-18-32(34(20-28)60-10-2)62-44(52)30-23-37(55-5)42(58-8)38(24-30)56-6/h15-26H,9-14H2,1-8H3,(H,47,49)(H,48,50)/b45-25+,46-26+. The van der Waals surface area contributed by atoms with Crippen LogP contribution in [-0.4, -0.2) is 92.1 Å². The summed E-state index contributed by atoms with van der Waals surface area (Å²) in [5, 5.41) is 8.03. The van der Waals surface area contributed by atoms with E-state index in [-0.39, 0.29) is 58.8 Å². The Labute approximate surface area is 359 Å². The number of ether oxygens (including phenoxy) is 10. The summed E-state index contributed by atoms with van der Waals surface area (Å²) in [5.41, 5.74) is 6.40. The molecule has 0 spiro atoms. The van der Waals surface area contributed by atoms with Gasteiger partial charge in [-0.05, 0) is 98.5 Å². The summed E-state index contributed by atoms with van der Waals surface area (Å²) >= 11 is 0. The number of amides is 2. The van der Waals surface area contributed by atoms with Gasteiger partial charge in [0, 0.05) is 12.8 Å². The van der Waals surface area contributed by atoms with Crippen molar-refractivity contribution < 1.29 is 66.5 Å². The summed E-state index contributed by atoms with van der Waals surface area (Å²) in [7, 11) is 8.69. The molecule has 0 fully saturated rings. The summed E-state index contributed by atoms with van der Waals surface area (Å²) in [6.07, 6.45) is 3.95. The number of hydrazone groups is 2. The SMILES string of the molecule is CCOc1cc(/C=N/NC(=O)CCCCC(=O)N/N=C/c2ccc(OC(=O)c3cc(OC)c(OC)c(OC)c3)c(OCC)c2)ccc1OC(=O)c1cc(OC)c(OC)c(OC)c1. The molecule has 0 saturated heterocycles. The first kappa shape index (κ1) is 47.2. The highest BCUT2D eigenvalue weighted by Crippen LogP contribution is 2.40. The predicted octanol–water partition coefficient (Wildman–Crippen LogP) is 6.13. The molecule has 0 saturated carbocycles. The third-order valence-corrected chi connectivity index (χ3v) is 8.60. The van der Waals surface area contributed by atoms with Crippen LogP contribution in [0.1, 0.15) is 71.4 Å². The van der Waals surface area contributed by atoms with Gasteiger partial charge in [0.1, 0.15) is 0 Å². The van der Waals surface area contributed by atoms with E-state index in [2.05, 4.69) is 21.1 Å². The summed E-state index contributed by atoms with van der Waals surface area (Å²) < 4.78 is 54.6. The molecule has 0 aliphatic heterocycles. The van der Waals surface area contributed by atoms with E-state index in [9.17, 15) is 19.2 Å². The quantitative estimate of drug-likeness (QED) is 0.0283. The zero-order valence-electron chi connectivity index (χ0n) is 35.8. The third kappa shape index (κ3) is 13.0. The molecule has 0 bridgehead atoms. The van der Waals surface area contributed by atoms with Gasteiger partial charge in [-0.25, -0.2) is 20.4 Å². The maximum atomic E-state index is 13.1. The fourth-order valence-electron chi connectivity index (χ4n) is 5.67. The second-order valence-corrected chi connectivity index (χ2v) is 12.7. The summed E-state index contributed by atoms with van der Waals surface area (Å²) in [4.78, 5) is 51.0. The molecule has 0 radical (unpaired) electrons. The van der Waals surface area contributed by atoms with Gasteiger partial charge in [-0.15, -0.1) is 0 Å². The summed E-state index contributed by atoms with van der Waals surface area (Å²) in [6.45, 7) is 4.15. The van der Waals surface area contributed by atoms with Crippen molar-refractivity contribution in [2.45, 2.75) is 39.5 Å². The fourth-order valence-corrected chi connectivity index (χ4v) is 5.67. The molecule has 62 heavy (non-hydrogen) atoms. The number of nitrogens with zero attached hydrogens (tertiary/aromatic N) is 2. The van der Waals surface area contributed by atoms with Crippen LogP contribution >= 0.6 is 0 Å². The highest BCUT2D eigenvalue weighted by Gasteiger charge is 2.22. The number of unbranched alkanes of at least 4 members (excludes halogenated alkanes) is 1. The second kappa shape index (κ2) is 23.9. The van der Waals surface area contributed by atoms with E-state index in [4.69, 9.17) is 47.4 Å². The lowest BCUT2D eigenvalue weighted by atomic mass is 10.1. The van der Waals surface area contributed by atoms with Crippen LogP contribution in [0.15, 0.2) is 70.9 Å². The number of rotatable bonds is 23. The van der Waals surface area contributed by atoms with Crippen molar-refractivity contribution in [2.24, 2.45) is 10.2 Å². The van der Waals surface area contributed by atoms with Gasteiger partial charge in [-0.3, -0.25) is 9.59 Å². The summed E-state index contributed by atoms with van der Waals surface area (Å²) in [6, 6.07) is 15.5. The van der Waals surface area contributed by atoms with E-state index in [1.54, 1.807) is 50.2 Å². The number of hydrogen-bond acceptors (Lipinski definition) is 16. The Morgan fingerprint density at radius 2 is 0.839 bits per heavy atom. The van der Waals surface area contributed by atoms with Crippen molar-refractivity contribution in [3.63, 3.8) is 0 Å². The molecule has 2 amide bonds. The maximum Gasteiger partial charge on any atom is 0.343 e. The van der Waals surface area contributed by atoms with Crippen LogP contribution in [0.5, 0.6) is 57.5 Å². The number of carbonyl (C=O) groups is 4. The lowest BCUT2D eigenvalue weighted by molar-refractivity contribution is -0.123. The Balaban J connectivity index is 1.23. The largest absolute Gasteiger partial charge is 0.493 e. The molecule has 4 rings (SSSR count). The third-order valence-electron chi connectivity index (χ3n) is 8.60. The van der Waals surface area contributed by atoms with Crippen molar-refractivity contribution >= 4 is 36.2 Å². The molecule has 18 heteroatoms. The first-order valence-corrected chi connectivity index (χ1v) is 19.2. The number of nitrogens with one attached hydrogen (secondary N) is 2. The molecule has 0 heterocycles. The average Bonchev–Trinajstić information content (AvgIpc) is 3.28. The molecule has 330 valence electrons. The lowest BCUT2D eigenvalue weighted by Gasteiger charge is -2.15. The predicted molar refractivity (Wildman–Crippen MR) is 227 cm³/mol. The minimum atomic E-state index is -0.680. The van der Waals surface area contributed by atoms with Crippen LogP contribution in [0.25, 0.3) is 0 Å². The van der Waals surface area contributed by atoms with Crippen molar-refractivity contribution in [1.29, 1.82) is 0 Å². The van der Waals surface area contributed by atoms with Crippen LogP contribution < -0.4 is 58.2 Å². The Kier molecular flexibility index (Phi) is 18.2. The van der Waals surface area contributed by atoms with E-state index < -0.39 is 11.9 Å². The number of carbonyl (C=O) groups excluding carboxylic acids is 4. The highest BCUT2D eigenvalue weighted by atomic mass is 16.6. The molecule has 4 aromatic carbocycles. The molecule has 0 unspecified atom stereocenters. The smallest absolute Gasteiger partial charge is 0.343 e. The van der Waals surface area contributed by atoms with Gasteiger partial charge in [-0.1, -0.05) is 0 Å². The monoisotopic (exact) mass is 858 g/mol. The Bertz CT molecular complexity index is 2050. The normalized spacial score (nSPS) is 10.8. The number of methoxy groups -OCH3 is 6. The maximum absolute atomic E-state index is 13.1. The van der Waals surface area contributed by atoms with Gasteiger partial charge in [0.25, 0.3) is 0 Å². The molecule has 4 aromatic rings. The molecule has 0 aliphatic carbocycles. The fraction of sp³-hybridized carbons (Fsp3) is 0.318. The topological polar surface area (TPSA) is 209 Å². The van der Waals surface area contributed by atoms with Crippen LogP contribution in [0.2, 0.25) is 0 Å². The van der Waals surface area contributed by atoms with E-state index in [0.717, 1.165) is 0 Å². The number of benzene rings is 4. The molecule has 0 aromatic heterocycles. The van der Waals surface area contributed by atoms with Crippen molar-refractivity contribution in [2.75, 3.05) is 55.9 Å². The molecule has 0 atom stereocenters. The minimum Gasteiger partial charge on any atom is -0.493 e. The Morgan fingerprint density at radius 3 is 1.15 bits per heavy atom. The number of hydrogen-bond donors (Lipinski definition) is 2. The van der Waals surface area contributed by atoms with Gasteiger partial charge in [0.2, 0.25) is 23.3 Å². The van der Waals surface area contributed by atoms with E-state index in [0.29, 0.717) is 71.7 Å². The zero-order valence-corrected chi connectivity index (χ0v) is 35.8. The molecular formula is C44H50N4O14. The van der Waals surface area contributed by atoms with Crippen LogP contribution in [-0.2, 0) is 9.59 Å². The van der Waals surface area contributed by atoms with Crippen LogP contribution in [0.4, 0.5) is 0 Å². The van der Waals surface area contributed by atoms with Gasteiger partial charge in [-0.2, -0.15) is 10.2 Å². The van der Waals surface area contributed by atoms with E-state index in [1.807, 2.05) is 0 Å². The second-order valence-electron chi connectivity index (χ2n) is 12.7. The van der Waals surface area contributed by atoms with Crippen molar-refractivity contribution in [3.05, 3.63) is 82.9 Å². The number of esters is 2. The molecule has 18 nitrogen and oxygen atoms in total. The van der Waals surface area contributed by atoms with Gasteiger partial charge in [0.15, 0.2) is 46.0 Å². The van der Waals surface area contributed by atoms with Gasteiger partial charge < -0.3 is 47.4 Å². The van der Waals surface area contributed by atoms with Crippen LogP contribution in [0, 0.1) is 0 Å². The lowest BCUT2D eigenvalue weighted by Crippen LogP contribution is -2.19. The molecular weight excluding hydrogens is 808 g/mol. The Hall–Kier alpha value is -7.50. The van der Waals surface area contributed by atoms with Gasteiger partial charge >= 0.3 is 11.9 Å².